The van der Waals surface area contributed by atoms with E-state index in [1.807, 2.05) is 0 Å². The van der Waals surface area contributed by atoms with Crippen molar-refractivity contribution >= 4 is 11.9 Å². The smallest absolute Gasteiger partial charge is 0.338 e. The molecule has 0 unspecified atom stereocenters. The summed E-state index contributed by atoms with van der Waals surface area (Å²) in [6.45, 7) is 16.4. The van der Waals surface area contributed by atoms with E-state index < -0.39 is 0 Å². The fourth-order valence-electron chi connectivity index (χ4n) is 5.55. The number of hydrogen-bond acceptors (Lipinski definition) is 6. The lowest BCUT2D eigenvalue weighted by Gasteiger charge is -2.20. The summed E-state index contributed by atoms with van der Waals surface area (Å²) in [6.07, 6.45) is 22.5. The van der Waals surface area contributed by atoms with E-state index in [0.29, 0.717) is 24.3 Å². The first kappa shape index (κ1) is 40.1. The highest BCUT2D eigenvalue weighted by molar-refractivity contribution is 5.93. The number of carbonyl (C=O) groups is 2. The SMILES string of the molecule is CCCCCCCCCN(CC)CCCCOC(=O)c1ccc(C(=O)OCCCCN(CC)CCCCCCCCC)cc1. The molecule has 0 saturated heterocycles. The quantitative estimate of drug-likeness (QED) is 0.0633. The topological polar surface area (TPSA) is 59.1 Å². The van der Waals surface area contributed by atoms with E-state index in [0.717, 1.165) is 65.0 Å². The van der Waals surface area contributed by atoms with Crippen LogP contribution < -0.4 is 0 Å². The van der Waals surface area contributed by atoms with Crippen LogP contribution in [-0.4, -0.2) is 74.2 Å². The van der Waals surface area contributed by atoms with E-state index in [1.54, 1.807) is 24.3 Å². The molecular formula is C38H68N2O4. The summed E-state index contributed by atoms with van der Waals surface area (Å²) >= 11 is 0. The molecule has 0 amide bonds. The molecule has 0 N–H and O–H groups in total. The van der Waals surface area contributed by atoms with Gasteiger partial charge >= 0.3 is 11.9 Å². The van der Waals surface area contributed by atoms with Gasteiger partial charge in [0.25, 0.3) is 0 Å². The van der Waals surface area contributed by atoms with Crippen LogP contribution in [0.25, 0.3) is 0 Å². The Kier molecular flexibility index (Phi) is 26.0. The van der Waals surface area contributed by atoms with E-state index in [1.165, 1.54) is 89.9 Å². The van der Waals surface area contributed by atoms with Gasteiger partial charge in [0.15, 0.2) is 0 Å². The second kappa shape index (κ2) is 28.5. The zero-order valence-electron chi connectivity index (χ0n) is 29.2. The Morgan fingerprint density at radius 2 is 0.750 bits per heavy atom. The number of ether oxygens (including phenoxy) is 2. The summed E-state index contributed by atoms with van der Waals surface area (Å²) in [5, 5.41) is 0. The Morgan fingerprint density at radius 3 is 1.07 bits per heavy atom. The van der Waals surface area contributed by atoms with Gasteiger partial charge in [0, 0.05) is 0 Å². The minimum absolute atomic E-state index is 0.336. The van der Waals surface area contributed by atoms with Gasteiger partial charge < -0.3 is 19.3 Å². The number of carbonyl (C=O) groups excluding carboxylic acids is 2. The highest BCUT2D eigenvalue weighted by atomic mass is 16.5. The summed E-state index contributed by atoms with van der Waals surface area (Å²) in [5.41, 5.74) is 0.938. The molecule has 0 atom stereocenters. The molecule has 1 aromatic rings. The molecule has 6 nitrogen and oxygen atoms in total. The van der Waals surface area contributed by atoms with Crippen molar-refractivity contribution in [1.29, 1.82) is 0 Å². The Hall–Kier alpha value is -1.92. The molecule has 0 bridgehead atoms. The molecule has 44 heavy (non-hydrogen) atoms. The maximum atomic E-state index is 12.5. The van der Waals surface area contributed by atoms with Crippen LogP contribution in [0.2, 0.25) is 0 Å². The van der Waals surface area contributed by atoms with Crippen LogP contribution in [-0.2, 0) is 9.47 Å². The first-order valence-corrected chi connectivity index (χ1v) is 18.4. The third-order valence-corrected chi connectivity index (χ3v) is 8.61. The monoisotopic (exact) mass is 617 g/mol. The minimum Gasteiger partial charge on any atom is -0.462 e. The van der Waals surface area contributed by atoms with Gasteiger partial charge in [-0.3, -0.25) is 0 Å². The average Bonchev–Trinajstić information content (AvgIpc) is 3.05. The Morgan fingerprint density at radius 1 is 0.455 bits per heavy atom. The van der Waals surface area contributed by atoms with Crippen molar-refractivity contribution in [2.24, 2.45) is 0 Å². The third-order valence-electron chi connectivity index (χ3n) is 8.61. The van der Waals surface area contributed by atoms with E-state index in [9.17, 15) is 9.59 Å². The van der Waals surface area contributed by atoms with Crippen molar-refractivity contribution < 1.29 is 19.1 Å². The molecule has 254 valence electrons. The highest BCUT2D eigenvalue weighted by Crippen LogP contribution is 2.11. The summed E-state index contributed by atoms with van der Waals surface area (Å²) in [5.74, 6) is -0.672. The molecule has 0 aromatic heterocycles. The molecular weight excluding hydrogens is 548 g/mol. The number of rotatable bonds is 30. The van der Waals surface area contributed by atoms with E-state index in [4.69, 9.17) is 9.47 Å². The van der Waals surface area contributed by atoms with Gasteiger partial charge in [-0.25, -0.2) is 9.59 Å². The van der Waals surface area contributed by atoms with E-state index in [2.05, 4.69) is 37.5 Å². The lowest BCUT2D eigenvalue weighted by molar-refractivity contribution is 0.0480. The molecule has 0 fully saturated rings. The molecule has 1 aromatic carbocycles. The molecule has 0 aliphatic carbocycles. The minimum atomic E-state index is -0.336. The molecule has 0 spiro atoms. The average molecular weight is 617 g/mol. The van der Waals surface area contributed by atoms with Crippen LogP contribution in [0, 0.1) is 0 Å². The maximum Gasteiger partial charge on any atom is 0.338 e. The summed E-state index contributed by atoms with van der Waals surface area (Å²) in [7, 11) is 0. The van der Waals surface area contributed by atoms with Crippen LogP contribution >= 0.6 is 0 Å². The molecule has 0 aliphatic rings. The van der Waals surface area contributed by atoms with Crippen molar-refractivity contribution in [3.05, 3.63) is 35.4 Å². The normalized spacial score (nSPS) is 11.4. The second-order valence-corrected chi connectivity index (χ2v) is 12.4. The molecule has 0 saturated carbocycles. The first-order chi connectivity index (χ1) is 21.5. The van der Waals surface area contributed by atoms with E-state index >= 15 is 0 Å². The maximum absolute atomic E-state index is 12.5. The third kappa shape index (κ3) is 20.9. The molecule has 0 radical (unpaired) electrons. The summed E-state index contributed by atoms with van der Waals surface area (Å²) in [6, 6.07) is 6.62. The predicted octanol–water partition coefficient (Wildman–Crippen LogP) is 9.71. The lowest BCUT2D eigenvalue weighted by atomic mass is 10.1. The lowest BCUT2D eigenvalue weighted by Crippen LogP contribution is -2.26. The Bertz CT molecular complexity index is 747. The van der Waals surface area contributed by atoms with Crippen molar-refractivity contribution in [1.82, 2.24) is 9.80 Å². The fraction of sp³-hybridized carbons (Fsp3) is 0.789. The molecule has 1 rings (SSSR count). The zero-order valence-corrected chi connectivity index (χ0v) is 29.2. The Labute approximate surface area is 271 Å². The Balaban J connectivity index is 2.15. The number of benzene rings is 1. The van der Waals surface area contributed by atoms with Gasteiger partial charge in [-0.2, -0.15) is 0 Å². The van der Waals surface area contributed by atoms with Crippen molar-refractivity contribution in [3.8, 4) is 0 Å². The second-order valence-electron chi connectivity index (χ2n) is 12.4. The van der Waals surface area contributed by atoms with Crippen LogP contribution in [0.5, 0.6) is 0 Å². The van der Waals surface area contributed by atoms with Crippen molar-refractivity contribution in [2.45, 2.75) is 143 Å². The predicted molar refractivity (Wildman–Crippen MR) is 186 cm³/mol. The van der Waals surface area contributed by atoms with Crippen molar-refractivity contribution in [3.63, 3.8) is 0 Å². The molecule has 0 heterocycles. The highest BCUT2D eigenvalue weighted by Gasteiger charge is 2.12. The van der Waals surface area contributed by atoms with Gasteiger partial charge in [0.05, 0.1) is 24.3 Å². The van der Waals surface area contributed by atoms with Crippen molar-refractivity contribution in [2.75, 3.05) is 52.5 Å². The number of hydrogen-bond donors (Lipinski definition) is 0. The van der Waals surface area contributed by atoms with Gasteiger partial charge in [-0.05, 0) is 102 Å². The van der Waals surface area contributed by atoms with Crippen LogP contribution in [0.4, 0.5) is 0 Å². The standard InChI is InChI=1S/C38H68N2O4/c1-5-9-11-13-15-17-19-29-39(7-3)31-21-23-33-43-37(41)35-25-27-36(28-26-35)38(42)44-34-24-22-32-40(8-4)30-20-18-16-14-12-10-6-2/h25-28H,5-24,29-34H2,1-4H3. The van der Waals surface area contributed by atoms with Crippen LogP contribution in [0.3, 0.4) is 0 Å². The first-order valence-electron chi connectivity index (χ1n) is 18.4. The van der Waals surface area contributed by atoms with Gasteiger partial charge in [-0.1, -0.05) is 105 Å². The summed E-state index contributed by atoms with van der Waals surface area (Å²) in [4.78, 5) is 29.9. The largest absolute Gasteiger partial charge is 0.462 e. The van der Waals surface area contributed by atoms with Crippen LogP contribution in [0.1, 0.15) is 164 Å². The fourth-order valence-corrected chi connectivity index (χ4v) is 5.55. The van der Waals surface area contributed by atoms with Crippen LogP contribution in [0.15, 0.2) is 24.3 Å². The van der Waals surface area contributed by atoms with E-state index in [-0.39, 0.29) is 11.9 Å². The number of esters is 2. The van der Waals surface area contributed by atoms with Gasteiger partial charge in [-0.15, -0.1) is 0 Å². The molecule has 0 aliphatic heterocycles. The number of nitrogens with zero attached hydrogens (tertiary/aromatic N) is 2. The molecule has 6 heteroatoms. The van der Waals surface area contributed by atoms with Gasteiger partial charge in [0.2, 0.25) is 0 Å². The zero-order chi connectivity index (χ0) is 32.1. The summed E-state index contributed by atoms with van der Waals surface area (Å²) < 4.78 is 11.0. The van der Waals surface area contributed by atoms with Gasteiger partial charge in [0.1, 0.15) is 0 Å². The number of unbranched alkanes of at least 4 members (excludes halogenated alkanes) is 14.